The van der Waals surface area contributed by atoms with E-state index in [1.165, 1.54) is 25.3 Å². The summed E-state index contributed by atoms with van der Waals surface area (Å²) in [5, 5.41) is 3.41. The van der Waals surface area contributed by atoms with Gasteiger partial charge in [0.15, 0.2) is 0 Å². The van der Waals surface area contributed by atoms with Crippen LogP contribution in [0.3, 0.4) is 0 Å². The third-order valence-corrected chi connectivity index (χ3v) is 3.14. The fraction of sp³-hybridized carbons (Fsp3) is 0.538. The first-order valence-electron chi connectivity index (χ1n) is 5.93. The van der Waals surface area contributed by atoms with Gasteiger partial charge in [-0.25, -0.2) is 8.78 Å². The minimum Gasteiger partial charge on any atom is -0.314 e. The molecule has 1 heterocycles. The lowest BCUT2D eigenvalue weighted by atomic mass is 10.0. The predicted octanol–water partition coefficient (Wildman–Crippen LogP) is 3.04. The number of rotatable bonds is 2. The Balaban J connectivity index is 2.01. The van der Waals surface area contributed by atoms with Gasteiger partial charge in [-0.15, -0.1) is 0 Å². The standard InChI is InChI=1S/C13H17F2N/c14-11-6-5-10(13(15)9-11)8-12-4-2-1-3-7-16-12/h5-6,9,12,16H,1-4,7-8H2. The van der Waals surface area contributed by atoms with Crippen LogP contribution in [-0.4, -0.2) is 12.6 Å². The summed E-state index contributed by atoms with van der Waals surface area (Å²) in [6.45, 7) is 1.01. The van der Waals surface area contributed by atoms with Gasteiger partial charge in [0.05, 0.1) is 0 Å². The highest BCUT2D eigenvalue weighted by Crippen LogP contribution is 2.16. The zero-order valence-electron chi connectivity index (χ0n) is 9.31. The van der Waals surface area contributed by atoms with Crippen molar-refractivity contribution in [3.63, 3.8) is 0 Å². The molecule has 0 spiro atoms. The van der Waals surface area contributed by atoms with E-state index in [9.17, 15) is 8.78 Å². The quantitative estimate of drug-likeness (QED) is 0.815. The summed E-state index contributed by atoms with van der Waals surface area (Å²) < 4.78 is 26.2. The van der Waals surface area contributed by atoms with Gasteiger partial charge in [-0.1, -0.05) is 18.9 Å². The lowest BCUT2D eigenvalue weighted by Crippen LogP contribution is -2.30. The first-order chi connectivity index (χ1) is 7.75. The first-order valence-corrected chi connectivity index (χ1v) is 5.93. The Hall–Kier alpha value is -0.960. The largest absolute Gasteiger partial charge is 0.314 e. The Morgan fingerprint density at radius 2 is 2.06 bits per heavy atom. The third-order valence-electron chi connectivity index (χ3n) is 3.14. The van der Waals surface area contributed by atoms with Crippen molar-refractivity contribution >= 4 is 0 Å². The van der Waals surface area contributed by atoms with Crippen LogP contribution >= 0.6 is 0 Å². The Morgan fingerprint density at radius 3 is 2.88 bits per heavy atom. The number of halogens is 2. The van der Waals surface area contributed by atoms with E-state index in [1.54, 1.807) is 6.07 Å². The SMILES string of the molecule is Fc1ccc(CC2CCCCCN2)c(F)c1. The van der Waals surface area contributed by atoms with Crippen LogP contribution in [0.4, 0.5) is 8.78 Å². The molecule has 1 aromatic carbocycles. The molecule has 1 saturated heterocycles. The van der Waals surface area contributed by atoms with Crippen molar-refractivity contribution in [2.45, 2.75) is 38.1 Å². The molecule has 2 rings (SSSR count). The molecular weight excluding hydrogens is 208 g/mol. The molecule has 0 radical (unpaired) electrons. The molecule has 1 nitrogen and oxygen atoms in total. The van der Waals surface area contributed by atoms with Gasteiger partial charge in [0.1, 0.15) is 11.6 Å². The maximum Gasteiger partial charge on any atom is 0.129 e. The van der Waals surface area contributed by atoms with Gasteiger partial charge < -0.3 is 5.32 Å². The molecule has 3 heteroatoms. The highest BCUT2D eigenvalue weighted by Gasteiger charge is 2.14. The predicted molar refractivity (Wildman–Crippen MR) is 60.3 cm³/mol. The number of nitrogens with one attached hydrogen (secondary N) is 1. The minimum absolute atomic E-state index is 0.336. The third kappa shape index (κ3) is 3.01. The van der Waals surface area contributed by atoms with Crippen molar-refractivity contribution < 1.29 is 8.78 Å². The van der Waals surface area contributed by atoms with E-state index in [-0.39, 0.29) is 0 Å². The molecule has 1 aliphatic heterocycles. The van der Waals surface area contributed by atoms with E-state index in [0.717, 1.165) is 19.0 Å². The van der Waals surface area contributed by atoms with Gasteiger partial charge in [0.25, 0.3) is 0 Å². The van der Waals surface area contributed by atoms with E-state index in [4.69, 9.17) is 0 Å². The lowest BCUT2D eigenvalue weighted by molar-refractivity contribution is 0.491. The molecule has 1 atom stereocenters. The molecular formula is C13H17F2N. The summed E-state index contributed by atoms with van der Waals surface area (Å²) in [7, 11) is 0. The molecule has 0 amide bonds. The molecule has 1 aromatic rings. The maximum atomic E-state index is 13.4. The van der Waals surface area contributed by atoms with Crippen LogP contribution in [0.1, 0.15) is 31.2 Å². The van der Waals surface area contributed by atoms with Crippen molar-refractivity contribution in [3.05, 3.63) is 35.4 Å². The van der Waals surface area contributed by atoms with Gasteiger partial charge in [0, 0.05) is 12.1 Å². The zero-order valence-corrected chi connectivity index (χ0v) is 9.31. The van der Waals surface area contributed by atoms with E-state index in [0.29, 0.717) is 18.0 Å². The van der Waals surface area contributed by atoms with Crippen LogP contribution in [0.2, 0.25) is 0 Å². The highest BCUT2D eigenvalue weighted by molar-refractivity contribution is 5.19. The Labute approximate surface area is 94.9 Å². The summed E-state index contributed by atoms with van der Waals surface area (Å²) in [4.78, 5) is 0. The average molecular weight is 225 g/mol. The van der Waals surface area contributed by atoms with Crippen molar-refractivity contribution in [2.75, 3.05) is 6.54 Å². The van der Waals surface area contributed by atoms with Crippen LogP contribution in [0.25, 0.3) is 0 Å². The molecule has 0 bridgehead atoms. The second-order valence-corrected chi connectivity index (χ2v) is 4.44. The first kappa shape index (κ1) is 11.5. The maximum absolute atomic E-state index is 13.4. The molecule has 1 unspecified atom stereocenters. The Kier molecular flexibility index (Phi) is 3.88. The summed E-state index contributed by atoms with van der Waals surface area (Å²) >= 11 is 0. The average Bonchev–Trinajstić information content (AvgIpc) is 2.51. The normalized spacial score (nSPS) is 21.8. The van der Waals surface area contributed by atoms with Gasteiger partial charge in [-0.3, -0.25) is 0 Å². The summed E-state index contributed by atoms with van der Waals surface area (Å²) in [5.74, 6) is -0.930. The smallest absolute Gasteiger partial charge is 0.129 e. The Bertz CT molecular complexity index is 344. The van der Waals surface area contributed by atoms with Crippen LogP contribution < -0.4 is 5.32 Å². The summed E-state index contributed by atoms with van der Waals surface area (Å²) in [6.07, 6.45) is 5.38. The number of benzene rings is 1. The van der Waals surface area contributed by atoms with Crippen LogP contribution in [0.15, 0.2) is 18.2 Å². The molecule has 1 aliphatic rings. The highest BCUT2D eigenvalue weighted by atomic mass is 19.1. The molecule has 88 valence electrons. The van der Waals surface area contributed by atoms with Crippen LogP contribution in [-0.2, 0) is 6.42 Å². The van der Waals surface area contributed by atoms with Gasteiger partial charge in [0.2, 0.25) is 0 Å². The van der Waals surface area contributed by atoms with Gasteiger partial charge in [-0.2, -0.15) is 0 Å². The van der Waals surface area contributed by atoms with E-state index in [2.05, 4.69) is 5.32 Å². The summed E-state index contributed by atoms with van der Waals surface area (Å²) in [5.41, 5.74) is 0.612. The molecule has 16 heavy (non-hydrogen) atoms. The molecule has 0 aliphatic carbocycles. The van der Waals surface area contributed by atoms with E-state index < -0.39 is 11.6 Å². The fourth-order valence-electron chi connectivity index (χ4n) is 2.23. The van der Waals surface area contributed by atoms with E-state index in [1.807, 2.05) is 0 Å². The molecule has 0 saturated carbocycles. The van der Waals surface area contributed by atoms with E-state index >= 15 is 0 Å². The monoisotopic (exact) mass is 225 g/mol. The van der Waals surface area contributed by atoms with Crippen molar-refractivity contribution in [3.8, 4) is 0 Å². The topological polar surface area (TPSA) is 12.0 Å². The van der Waals surface area contributed by atoms with Crippen LogP contribution in [0.5, 0.6) is 0 Å². The second kappa shape index (κ2) is 5.39. The second-order valence-electron chi connectivity index (χ2n) is 4.44. The van der Waals surface area contributed by atoms with Gasteiger partial charge in [-0.05, 0) is 37.4 Å². The Morgan fingerprint density at radius 1 is 1.19 bits per heavy atom. The lowest BCUT2D eigenvalue weighted by Gasteiger charge is -2.16. The van der Waals surface area contributed by atoms with Crippen molar-refractivity contribution in [1.82, 2.24) is 5.32 Å². The van der Waals surface area contributed by atoms with Gasteiger partial charge >= 0.3 is 0 Å². The fourth-order valence-corrected chi connectivity index (χ4v) is 2.23. The molecule has 0 aromatic heterocycles. The molecule has 1 fully saturated rings. The summed E-state index contributed by atoms with van der Waals surface area (Å²) in [6, 6.07) is 4.18. The van der Waals surface area contributed by atoms with Crippen molar-refractivity contribution in [2.24, 2.45) is 0 Å². The minimum atomic E-state index is -0.505. The zero-order chi connectivity index (χ0) is 11.4. The number of hydrogen-bond donors (Lipinski definition) is 1. The van der Waals surface area contributed by atoms with Crippen LogP contribution in [0, 0.1) is 11.6 Å². The number of hydrogen-bond acceptors (Lipinski definition) is 1. The molecule has 1 N–H and O–H groups in total. The van der Waals surface area contributed by atoms with Crippen molar-refractivity contribution in [1.29, 1.82) is 0 Å².